The second kappa shape index (κ2) is 10.1. The van der Waals surface area contributed by atoms with E-state index < -0.39 is 23.8 Å². The van der Waals surface area contributed by atoms with Gasteiger partial charge >= 0.3 is 12.0 Å². The fourth-order valence-corrected chi connectivity index (χ4v) is 3.91. The van der Waals surface area contributed by atoms with Crippen LogP contribution < -0.4 is 15.0 Å². The van der Waals surface area contributed by atoms with Crippen molar-refractivity contribution >= 4 is 63.1 Å². The number of anilines is 1. The highest BCUT2D eigenvalue weighted by molar-refractivity contribution is 9.10. The molecule has 3 aromatic rings. The molecule has 35 heavy (non-hydrogen) atoms. The van der Waals surface area contributed by atoms with Crippen molar-refractivity contribution in [2.75, 3.05) is 4.90 Å². The highest BCUT2D eigenvalue weighted by atomic mass is 79.9. The molecule has 1 heterocycles. The van der Waals surface area contributed by atoms with Gasteiger partial charge in [0.05, 0.1) is 15.7 Å². The summed E-state index contributed by atoms with van der Waals surface area (Å²) in [6, 6.07) is 16.5. The monoisotopic (exact) mass is 554 g/mol. The Morgan fingerprint density at radius 2 is 1.71 bits per heavy atom. The lowest BCUT2D eigenvalue weighted by Crippen LogP contribution is -2.54. The van der Waals surface area contributed by atoms with E-state index in [-0.39, 0.29) is 23.4 Å². The van der Waals surface area contributed by atoms with Gasteiger partial charge in [0.25, 0.3) is 11.8 Å². The third-order valence-corrected chi connectivity index (χ3v) is 5.92. The van der Waals surface area contributed by atoms with Crippen LogP contribution in [0.15, 0.2) is 76.8 Å². The van der Waals surface area contributed by atoms with Crippen molar-refractivity contribution in [1.82, 2.24) is 5.32 Å². The van der Waals surface area contributed by atoms with E-state index in [1.807, 2.05) is 0 Å². The van der Waals surface area contributed by atoms with Crippen LogP contribution in [0.1, 0.15) is 21.5 Å². The first kappa shape index (κ1) is 24.2. The average molecular weight is 556 g/mol. The lowest BCUT2D eigenvalue weighted by atomic mass is 10.1. The number of amides is 4. The van der Waals surface area contributed by atoms with Gasteiger partial charge in [0, 0.05) is 5.02 Å². The average Bonchev–Trinajstić information content (AvgIpc) is 2.82. The lowest BCUT2D eigenvalue weighted by molar-refractivity contribution is -0.122. The van der Waals surface area contributed by atoms with Crippen LogP contribution in [-0.4, -0.2) is 28.9 Å². The lowest BCUT2D eigenvalue weighted by Gasteiger charge is -2.26. The summed E-state index contributed by atoms with van der Waals surface area (Å²) in [6.07, 6.45) is 1.38. The molecule has 0 spiro atoms. The van der Waals surface area contributed by atoms with E-state index in [0.717, 1.165) is 10.5 Å². The molecule has 0 saturated carbocycles. The number of nitrogens with one attached hydrogen (secondary N) is 1. The molecule has 0 atom stereocenters. The smallest absolute Gasteiger partial charge is 0.335 e. The number of carbonyl (C=O) groups is 4. The van der Waals surface area contributed by atoms with E-state index >= 15 is 0 Å². The molecule has 10 heteroatoms. The van der Waals surface area contributed by atoms with Crippen LogP contribution in [0.4, 0.5) is 10.5 Å². The molecular formula is C25H16BrClN2O6. The summed E-state index contributed by atoms with van der Waals surface area (Å²) >= 11 is 9.30. The van der Waals surface area contributed by atoms with Gasteiger partial charge in [0.1, 0.15) is 17.9 Å². The number of hydrogen-bond donors (Lipinski definition) is 2. The highest BCUT2D eigenvalue weighted by Crippen LogP contribution is 2.29. The van der Waals surface area contributed by atoms with Crippen molar-refractivity contribution in [1.29, 1.82) is 0 Å². The maximum Gasteiger partial charge on any atom is 0.335 e. The summed E-state index contributed by atoms with van der Waals surface area (Å²) in [6.45, 7) is 0.206. The number of barbiturate groups is 1. The number of urea groups is 1. The van der Waals surface area contributed by atoms with Crippen molar-refractivity contribution in [3.8, 4) is 5.75 Å². The topological polar surface area (TPSA) is 113 Å². The van der Waals surface area contributed by atoms with Crippen LogP contribution in [0.25, 0.3) is 6.08 Å². The Labute approximate surface area is 212 Å². The number of halogens is 2. The number of imide groups is 2. The van der Waals surface area contributed by atoms with Gasteiger partial charge in [-0.15, -0.1) is 0 Å². The van der Waals surface area contributed by atoms with E-state index in [1.54, 1.807) is 30.3 Å². The zero-order chi connectivity index (χ0) is 25.1. The van der Waals surface area contributed by atoms with Gasteiger partial charge in [-0.05, 0) is 81.7 Å². The fourth-order valence-electron chi connectivity index (χ4n) is 3.28. The maximum absolute atomic E-state index is 13.0. The summed E-state index contributed by atoms with van der Waals surface area (Å²) in [5.41, 5.74) is 1.56. The van der Waals surface area contributed by atoms with Crippen molar-refractivity contribution in [2.45, 2.75) is 6.61 Å². The molecule has 4 amide bonds. The Bertz CT molecular complexity index is 1370. The molecule has 8 nitrogen and oxygen atoms in total. The standard InChI is InChI=1S/C25H16BrClN2O6/c26-20-12-15(3-10-21(20)35-13-14-1-4-16(5-2-14)24(32)33)11-19-22(30)28-25(34)29(23(19)31)18-8-6-17(27)7-9-18/h1-12H,13H2,(H,32,33)(H,28,30,34). The molecule has 0 radical (unpaired) electrons. The minimum atomic E-state index is -1.00. The molecule has 3 aromatic carbocycles. The van der Waals surface area contributed by atoms with Crippen molar-refractivity contribution < 1.29 is 29.0 Å². The largest absolute Gasteiger partial charge is 0.488 e. The van der Waals surface area contributed by atoms with Gasteiger partial charge < -0.3 is 9.84 Å². The normalized spacial score (nSPS) is 14.7. The van der Waals surface area contributed by atoms with Gasteiger partial charge in [-0.3, -0.25) is 14.9 Å². The van der Waals surface area contributed by atoms with E-state index in [9.17, 15) is 19.2 Å². The van der Waals surface area contributed by atoms with Crippen LogP contribution in [0.3, 0.4) is 0 Å². The minimum Gasteiger partial charge on any atom is -0.488 e. The van der Waals surface area contributed by atoms with Gasteiger partial charge in [0.2, 0.25) is 0 Å². The molecule has 4 rings (SSSR count). The first-order valence-electron chi connectivity index (χ1n) is 10.1. The molecule has 0 unspecified atom stereocenters. The summed E-state index contributed by atoms with van der Waals surface area (Å²) in [4.78, 5) is 49.5. The second-order valence-electron chi connectivity index (χ2n) is 7.41. The quantitative estimate of drug-likeness (QED) is 0.325. The Hall–Kier alpha value is -3.95. The number of benzene rings is 3. The number of ether oxygens (including phenoxy) is 1. The van der Waals surface area contributed by atoms with Crippen LogP contribution in [0.5, 0.6) is 5.75 Å². The Morgan fingerprint density at radius 3 is 2.34 bits per heavy atom. The molecule has 1 aliphatic heterocycles. The molecule has 1 fully saturated rings. The first-order chi connectivity index (χ1) is 16.7. The van der Waals surface area contributed by atoms with Crippen molar-refractivity contribution in [2.24, 2.45) is 0 Å². The summed E-state index contributed by atoms with van der Waals surface area (Å²) in [5, 5.41) is 11.6. The second-order valence-corrected chi connectivity index (χ2v) is 8.71. The van der Waals surface area contributed by atoms with Crippen molar-refractivity contribution in [3.63, 3.8) is 0 Å². The molecule has 1 saturated heterocycles. The summed E-state index contributed by atoms with van der Waals surface area (Å²) in [5.74, 6) is -2.06. The van der Waals surface area contributed by atoms with Gasteiger partial charge in [-0.25, -0.2) is 14.5 Å². The zero-order valence-corrected chi connectivity index (χ0v) is 20.2. The predicted molar refractivity (Wildman–Crippen MR) is 132 cm³/mol. The van der Waals surface area contributed by atoms with Gasteiger partial charge in [0.15, 0.2) is 0 Å². The Balaban J connectivity index is 1.52. The number of rotatable bonds is 6. The number of carboxylic acids is 1. The molecule has 0 bridgehead atoms. The van der Waals surface area contributed by atoms with E-state index in [1.165, 1.54) is 42.5 Å². The zero-order valence-electron chi connectivity index (χ0n) is 17.8. The molecule has 0 aliphatic carbocycles. The Morgan fingerprint density at radius 1 is 1.03 bits per heavy atom. The van der Waals surface area contributed by atoms with E-state index in [0.29, 0.717) is 20.8 Å². The molecular weight excluding hydrogens is 540 g/mol. The number of aromatic carboxylic acids is 1. The maximum atomic E-state index is 13.0. The third kappa shape index (κ3) is 5.42. The van der Waals surface area contributed by atoms with Crippen LogP contribution in [-0.2, 0) is 16.2 Å². The number of carbonyl (C=O) groups excluding carboxylic acids is 3. The van der Waals surface area contributed by atoms with Gasteiger partial charge in [-0.1, -0.05) is 29.8 Å². The predicted octanol–water partition coefficient (Wildman–Crippen LogP) is 5.05. The van der Waals surface area contributed by atoms with Gasteiger partial charge in [-0.2, -0.15) is 0 Å². The van der Waals surface area contributed by atoms with Crippen molar-refractivity contribution in [3.05, 3.63) is 98.5 Å². The summed E-state index contributed by atoms with van der Waals surface area (Å²) in [7, 11) is 0. The van der Waals surface area contributed by atoms with Crippen LogP contribution in [0.2, 0.25) is 5.02 Å². The molecule has 176 valence electrons. The number of hydrogen-bond acceptors (Lipinski definition) is 5. The van der Waals surface area contributed by atoms with E-state index in [2.05, 4.69) is 21.2 Å². The van der Waals surface area contributed by atoms with E-state index in [4.69, 9.17) is 21.4 Å². The molecule has 1 aliphatic rings. The van der Waals surface area contributed by atoms with Crippen LogP contribution >= 0.6 is 27.5 Å². The molecule has 2 N–H and O–H groups in total. The third-order valence-electron chi connectivity index (χ3n) is 5.05. The number of carboxylic acid groups (broad SMARTS) is 1. The van der Waals surface area contributed by atoms with Crippen LogP contribution in [0, 0.1) is 0 Å². The summed E-state index contributed by atoms with van der Waals surface area (Å²) < 4.78 is 6.36. The highest BCUT2D eigenvalue weighted by Gasteiger charge is 2.36. The Kier molecular flexibility index (Phi) is 6.99. The fraction of sp³-hybridized carbons (Fsp3) is 0.0400. The first-order valence-corrected chi connectivity index (χ1v) is 11.3. The number of nitrogens with zero attached hydrogens (tertiary/aromatic N) is 1. The minimum absolute atomic E-state index is 0.185. The molecule has 0 aromatic heterocycles. The SMILES string of the molecule is O=C1NC(=O)N(c2ccc(Cl)cc2)C(=O)C1=Cc1ccc(OCc2ccc(C(=O)O)cc2)c(Br)c1.